The Balaban J connectivity index is 1.41. The SMILES string of the molecule is [C-]#[N+]c1ccc(-c2cc3n(c2)Cc2cc(N4CC[C@H](N(C)C)C4=O)ccc2-n2ccnc2-3)cc1. The van der Waals surface area contributed by atoms with Crippen molar-refractivity contribution >= 4 is 17.3 Å². The molecule has 1 amide bonds. The quantitative estimate of drug-likeness (QED) is 0.380. The number of likely N-dealkylation sites (N-methyl/N-ethyl adjacent to an activating group) is 1. The fourth-order valence-corrected chi connectivity index (χ4v) is 5.09. The molecule has 0 radical (unpaired) electrons. The molecule has 0 aliphatic carbocycles. The zero-order chi connectivity index (χ0) is 23.4. The number of hydrogen-bond acceptors (Lipinski definition) is 3. The summed E-state index contributed by atoms with van der Waals surface area (Å²) in [6.07, 6.45) is 6.80. The van der Waals surface area contributed by atoms with Crippen LogP contribution in [0, 0.1) is 6.57 Å². The van der Waals surface area contributed by atoms with Gasteiger partial charge in [-0.25, -0.2) is 9.83 Å². The summed E-state index contributed by atoms with van der Waals surface area (Å²) in [5, 5.41) is 0. The summed E-state index contributed by atoms with van der Waals surface area (Å²) < 4.78 is 4.35. The molecule has 4 aromatic rings. The molecule has 2 aliphatic rings. The second kappa shape index (κ2) is 7.72. The summed E-state index contributed by atoms with van der Waals surface area (Å²) >= 11 is 0. The molecular weight excluding hydrogens is 424 g/mol. The molecular formula is C27H24N6O. The van der Waals surface area contributed by atoms with E-state index in [4.69, 9.17) is 6.57 Å². The van der Waals surface area contributed by atoms with Crippen LogP contribution in [-0.4, -0.2) is 51.6 Å². The largest absolute Gasteiger partial charge is 0.340 e. The smallest absolute Gasteiger partial charge is 0.244 e. The van der Waals surface area contributed by atoms with E-state index in [-0.39, 0.29) is 11.9 Å². The first-order valence-corrected chi connectivity index (χ1v) is 11.4. The lowest BCUT2D eigenvalue weighted by atomic mass is 10.1. The molecule has 0 spiro atoms. The maximum atomic E-state index is 13.0. The van der Waals surface area contributed by atoms with E-state index in [1.54, 1.807) is 0 Å². The number of carbonyl (C=O) groups is 1. The zero-order valence-electron chi connectivity index (χ0n) is 19.1. The average molecular weight is 449 g/mol. The van der Waals surface area contributed by atoms with Crippen LogP contribution >= 0.6 is 0 Å². The Morgan fingerprint density at radius 1 is 1.09 bits per heavy atom. The molecule has 1 fully saturated rings. The lowest BCUT2D eigenvalue weighted by molar-refractivity contribution is -0.120. The van der Waals surface area contributed by atoms with E-state index in [2.05, 4.69) is 43.4 Å². The fraction of sp³-hybridized carbons (Fsp3) is 0.222. The lowest BCUT2D eigenvalue weighted by Gasteiger charge is -2.21. The van der Waals surface area contributed by atoms with Gasteiger partial charge in [-0.1, -0.05) is 24.3 Å². The van der Waals surface area contributed by atoms with Crippen LogP contribution in [-0.2, 0) is 11.3 Å². The highest BCUT2D eigenvalue weighted by atomic mass is 16.2. The third-order valence-corrected chi connectivity index (χ3v) is 6.87. The Morgan fingerprint density at radius 2 is 1.91 bits per heavy atom. The minimum Gasteiger partial charge on any atom is -0.340 e. The molecule has 2 aromatic heterocycles. The highest BCUT2D eigenvalue weighted by Crippen LogP contribution is 2.36. The van der Waals surface area contributed by atoms with Gasteiger partial charge >= 0.3 is 0 Å². The number of imidazole rings is 1. The van der Waals surface area contributed by atoms with Gasteiger partial charge in [0.25, 0.3) is 0 Å². The number of nitrogens with zero attached hydrogens (tertiary/aromatic N) is 6. The molecule has 2 aliphatic heterocycles. The fourth-order valence-electron chi connectivity index (χ4n) is 5.09. The monoisotopic (exact) mass is 448 g/mol. The van der Waals surface area contributed by atoms with Crippen molar-refractivity contribution < 1.29 is 4.79 Å². The molecule has 4 heterocycles. The Kier molecular flexibility index (Phi) is 4.64. The summed E-state index contributed by atoms with van der Waals surface area (Å²) in [5.41, 5.74) is 6.99. The highest BCUT2D eigenvalue weighted by molar-refractivity contribution is 5.99. The highest BCUT2D eigenvalue weighted by Gasteiger charge is 2.34. The first kappa shape index (κ1) is 20.5. The predicted molar refractivity (Wildman–Crippen MR) is 132 cm³/mol. The van der Waals surface area contributed by atoms with Crippen LogP contribution in [0.15, 0.2) is 67.1 Å². The van der Waals surface area contributed by atoms with E-state index < -0.39 is 0 Å². The molecule has 34 heavy (non-hydrogen) atoms. The van der Waals surface area contributed by atoms with E-state index in [9.17, 15) is 4.79 Å². The Hall–Kier alpha value is -4.15. The second-order valence-electron chi connectivity index (χ2n) is 9.09. The van der Waals surface area contributed by atoms with Crippen molar-refractivity contribution in [2.45, 2.75) is 19.0 Å². The van der Waals surface area contributed by atoms with Gasteiger partial charge in [0, 0.05) is 42.9 Å². The van der Waals surface area contributed by atoms with Crippen molar-refractivity contribution in [1.82, 2.24) is 19.0 Å². The van der Waals surface area contributed by atoms with Crippen LogP contribution in [0.5, 0.6) is 0 Å². The Labute approximate surface area is 198 Å². The summed E-state index contributed by atoms with van der Waals surface area (Å²) in [6, 6.07) is 16.1. The molecule has 0 unspecified atom stereocenters. The van der Waals surface area contributed by atoms with Gasteiger partial charge in [-0.05, 0) is 55.9 Å². The van der Waals surface area contributed by atoms with Gasteiger partial charge in [-0.2, -0.15) is 0 Å². The number of fused-ring (bicyclic) bond motifs is 5. The van der Waals surface area contributed by atoms with Crippen LogP contribution in [0.3, 0.4) is 0 Å². The van der Waals surface area contributed by atoms with Gasteiger partial charge < -0.3 is 9.47 Å². The number of benzene rings is 2. The van der Waals surface area contributed by atoms with E-state index in [1.165, 1.54) is 0 Å². The minimum atomic E-state index is -0.0630. The molecule has 6 rings (SSSR count). The third-order valence-electron chi connectivity index (χ3n) is 6.87. The Morgan fingerprint density at radius 3 is 2.65 bits per heavy atom. The first-order valence-electron chi connectivity index (χ1n) is 11.4. The second-order valence-corrected chi connectivity index (χ2v) is 9.09. The molecule has 0 saturated carbocycles. The van der Waals surface area contributed by atoms with Crippen molar-refractivity contribution in [2.24, 2.45) is 0 Å². The van der Waals surface area contributed by atoms with Crippen molar-refractivity contribution in [2.75, 3.05) is 25.5 Å². The van der Waals surface area contributed by atoms with Gasteiger partial charge in [-0.3, -0.25) is 14.3 Å². The molecule has 7 heteroatoms. The van der Waals surface area contributed by atoms with Gasteiger partial charge in [0.2, 0.25) is 5.91 Å². The average Bonchev–Trinajstić information content (AvgIpc) is 3.56. The van der Waals surface area contributed by atoms with Crippen LogP contribution in [0.4, 0.5) is 11.4 Å². The molecule has 0 bridgehead atoms. The number of rotatable bonds is 3. The predicted octanol–water partition coefficient (Wildman–Crippen LogP) is 4.59. The lowest BCUT2D eigenvalue weighted by Crippen LogP contribution is -2.37. The van der Waals surface area contributed by atoms with Crippen LogP contribution in [0.1, 0.15) is 12.0 Å². The van der Waals surface area contributed by atoms with Gasteiger partial charge in [0.05, 0.1) is 24.0 Å². The number of hydrogen-bond donors (Lipinski definition) is 0. The minimum absolute atomic E-state index is 0.0630. The maximum absolute atomic E-state index is 13.0. The summed E-state index contributed by atoms with van der Waals surface area (Å²) in [5.74, 6) is 1.05. The van der Waals surface area contributed by atoms with Crippen molar-refractivity contribution in [3.05, 3.63) is 84.1 Å². The molecule has 1 atom stereocenters. The number of aromatic nitrogens is 3. The summed E-state index contributed by atoms with van der Waals surface area (Å²) in [6.45, 7) is 8.60. The standard InChI is InChI=1S/C27H24N6O/c1-28-21-6-4-18(5-7-21)19-15-25-26-29-11-13-33(26)23-9-8-22(14-20(23)17-31(25)16-19)32-12-10-24(27(32)34)30(2)3/h4-9,11,13-16,24H,10,12,17H2,2-3H3/t24-/m0/s1. The van der Waals surface area contributed by atoms with Crippen molar-refractivity contribution in [3.63, 3.8) is 0 Å². The van der Waals surface area contributed by atoms with Crippen molar-refractivity contribution in [3.8, 4) is 28.3 Å². The van der Waals surface area contributed by atoms with Crippen LogP contribution < -0.4 is 4.90 Å². The van der Waals surface area contributed by atoms with Gasteiger partial charge in [0.15, 0.2) is 11.5 Å². The molecule has 0 N–H and O–H groups in total. The van der Waals surface area contributed by atoms with E-state index in [1.807, 2.05) is 66.6 Å². The number of amides is 1. The molecule has 168 valence electrons. The van der Waals surface area contributed by atoms with Crippen LogP contribution in [0.2, 0.25) is 0 Å². The van der Waals surface area contributed by atoms with Gasteiger partial charge in [0.1, 0.15) is 0 Å². The molecule has 2 aromatic carbocycles. The Bertz CT molecular complexity index is 1450. The van der Waals surface area contributed by atoms with E-state index in [0.717, 1.165) is 52.5 Å². The maximum Gasteiger partial charge on any atom is 0.244 e. The third kappa shape index (κ3) is 3.15. The number of carbonyl (C=O) groups excluding carboxylic acids is 1. The summed E-state index contributed by atoms with van der Waals surface area (Å²) in [7, 11) is 3.92. The molecule has 7 nitrogen and oxygen atoms in total. The normalized spacial score (nSPS) is 16.7. The van der Waals surface area contributed by atoms with Gasteiger partial charge in [-0.15, -0.1) is 0 Å². The van der Waals surface area contributed by atoms with E-state index >= 15 is 0 Å². The van der Waals surface area contributed by atoms with Crippen molar-refractivity contribution in [1.29, 1.82) is 0 Å². The molecule has 1 saturated heterocycles. The topological polar surface area (TPSA) is 50.7 Å². The first-order chi connectivity index (χ1) is 16.5. The van der Waals surface area contributed by atoms with E-state index in [0.29, 0.717) is 12.2 Å². The van der Waals surface area contributed by atoms with Crippen LogP contribution in [0.25, 0.3) is 33.2 Å². The summed E-state index contributed by atoms with van der Waals surface area (Å²) in [4.78, 5) is 25.1. The number of anilines is 1. The zero-order valence-corrected chi connectivity index (χ0v) is 19.1.